The zero-order chi connectivity index (χ0) is 24.9. The lowest BCUT2D eigenvalue weighted by molar-refractivity contribution is 0.826. The standard InChI is InChI=1S/C34H25N3/c1-36-24-16-23(19-31-28-10-4-2-8-26(28)27-9-3-5-11-29(27)31)17-25(20-24)37-33-13-7-6-12-30(33)32-18-22(21-35)14-15-34(32)37/h2-18,20,31,36H,19H2,1H3. The Morgan fingerprint density at radius 3 is 2.14 bits per heavy atom. The second kappa shape index (κ2) is 8.40. The number of benzene rings is 5. The molecule has 0 radical (unpaired) electrons. The minimum absolute atomic E-state index is 0.323. The monoisotopic (exact) mass is 475 g/mol. The second-order valence-electron chi connectivity index (χ2n) is 9.77. The number of para-hydroxylation sites is 1. The summed E-state index contributed by atoms with van der Waals surface area (Å²) in [5.74, 6) is 0.323. The van der Waals surface area contributed by atoms with Crippen LogP contribution in [0.5, 0.6) is 0 Å². The molecule has 1 aliphatic rings. The molecule has 0 aliphatic heterocycles. The molecule has 6 aromatic rings. The molecule has 0 saturated carbocycles. The molecule has 0 atom stereocenters. The summed E-state index contributed by atoms with van der Waals surface area (Å²) in [6.45, 7) is 0. The van der Waals surface area contributed by atoms with E-state index in [0.717, 1.165) is 39.6 Å². The van der Waals surface area contributed by atoms with Gasteiger partial charge in [0.05, 0.1) is 22.7 Å². The highest BCUT2D eigenvalue weighted by atomic mass is 15.0. The third-order valence-electron chi connectivity index (χ3n) is 7.73. The molecule has 1 aliphatic carbocycles. The highest BCUT2D eigenvalue weighted by Gasteiger charge is 2.28. The van der Waals surface area contributed by atoms with Gasteiger partial charge in [-0.25, -0.2) is 0 Å². The largest absolute Gasteiger partial charge is 0.388 e. The summed E-state index contributed by atoms with van der Waals surface area (Å²) < 4.78 is 2.33. The molecule has 0 bridgehead atoms. The van der Waals surface area contributed by atoms with Gasteiger partial charge in [0.2, 0.25) is 0 Å². The first kappa shape index (κ1) is 21.5. The van der Waals surface area contributed by atoms with Crippen molar-refractivity contribution in [1.82, 2.24) is 4.57 Å². The number of nitrogens with one attached hydrogen (secondary N) is 1. The highest BCUT2D eigenvalue weighted by molar-refractivity contribution is 6.09. The van der Waals surface area contributed by atoms with Crippen LogP contribution in [-0.4, -0.2) is 11.6 Å². The van der Waals surface area contributed by atoms with Gasteiger partial charge in [-0.15, -0.1) is 0 Å². The van der Waals surface area contributed by atoms with Crippen LogP contribution in [-0.2, 0) is 6.42 Å². The van der Waals surface area contributed by atoms with Gasteiger partial charge in [0, 0.05) is 35.1 Å². The Hall–Kier alpha value is -4.81. The molecule has 1 N–H and O–H groups in total. The Morgan fingerprint density at radius 1 is 0.730 bits per heavy atom. The molecule has 0 fully saturated rings. The minimum atomic E-state index is 0.323. The molecule has 37 heavy (non-hydrogen) atoms. The summed E-state index contributed by atoms with van der Waals surface area (Å²) in [5, 5.41) is 15.2. The van der Waals surface area contributed by atoms with Crippen molar-refractivity contribution in [2.45, 2.75) is 12.3 Å². The minimum Gasteiger partial charge on any atom is -0.388 e. The lowest BCUT2D eigenvalue weighted by Crippen LogP contribution is -2.04. The number of anilines is 1. The van der Waals surface area contributed by atoms with E-state index in [1.54, 1.807) is 0 Å². The van der Waals surface area contributed by atoms with E-state index in [0.29, 0.717) is 11.5 Å². The average Bonchev–Trinajstić information content (AvgIpc) is 3.45. The molecular formula is C34H25N3. The van der Waals surface area contributed by atoms with Gasteiger partial charge in [-0.3, -0.25) is 0 Å². The predicted octanol–water partition coefficient (Wildman–Crippen LogP) is 8.05. The Morgan fingerprint density at radius 2 is 1.41 bits per heavy atom. The van der Waals surface area contributed by atoms with Gasteiger partial charge in [-0.05, 0) is 76.7 Å². The molecule has 0 spiro atoms. The summed E-state index contributed by atoms with van der Waals surface area (Å²) in [6.07, 6.45) is 0.923. The first-order chi connectivity index (χ1) is 18.2. The van der Waals surface area contributed by atoms with E-state index in [1.807, 2.05) is 19.2 Å². The topological polar surface area (TPSA) is 40.8 Å². The maximum atomic E-state index is 9.51. The van der Waals surface area contributed by atoms with Crippen LogP contribution in [0.2, 0.25) is 0 Å². The number of nitrogens with zero attached hydrogens (tertiary/aromatic N) is 2. The van der Waals surface area contributed by atoms with E-state index < -0.39 is 0 Å². The van der Waals surface area contributed by atoms with Crippen molar-refractivity contribution < 1.29 is 0 Å². The number of aromatic nitrogens is 1. The van der Waals surface area contributed by atoms with Crippen LogP contribution in [0.25, 0.3) is 38.6 Å². The van der Waals surface area contributed by atoms with Crippen molar-refractivity contribution in [2.75, 3.05) is 12.4 Å². The Bertz CT molecular complexity index is 1820. The summed E-state index contributed by atoms with van der Waals surface area (Å²) in [7, 11) is 1.98. The van der Waals surface area contributed by atoms with Gasteiger partial charge in [0.1, 0.15) is 0 Å². The molecular weight excluding hydrogens is 450 g/mol. The molecule has 176 valence electrons. The van der Waals surface area contributed by atoms with Gasteiger partial charge in [-0.1, -0.05) is 66.7 Å². The number of nitriles is 1. The Balaban J connectivity index is 1.41. The fraction of sp³-hybridized carbons (Fsp3) is 0.0882. The van der Waals surface area contributed by atoms with Gasteiger partial charge < -0.3 is 9.88 Å². The van der Waals surface area contributed by atoms with Crippen LogP contribution in [0.15, 0.2) is 109 Å². The first-order valence-corrected chi connectivity index (χ1v) is 12.7. The lowest BCUT2D eigenvalue weighted by atomic mass is 9.90. The van der Waals surface area contributed by atoms with Crippen LogP contribution in [0.3, 0.4) is 0 Å². The fourth-order valence-electron chi connectivity index (χ4n) is 6.10. The second-order valence-corrected chi connectivity index (χ2v) is 9.77. The van der Waals surface area contributed by atoms with Crippen molar-refractivity contribution in [3.8, 4) is 22.9 Å². The van der Waals surface area contributed by atoms with E-state index in [-0.39, 0.29) is 0 Å². The number of hydrogen-bond acceptors (Lipinski definition) is 2. The normalized spacial score (nSPS) is 12.4. The van der Waals surface area contributed by atoms with Gasteiger partial charge >= 0.3 is 0 Å². The van der Waals surface area contributed by atoms with Crippen molar-refractivity contribution in [3.05, 3.63) is 131 Å². The third kappa shape index (κ3) is 3.34. The molecule has 0 amide bonds. The number of rotatable bonds is 4. The average molecular weight is 476 g/mol. The molecule has 5 aromatic carbocycles. The third-order valence-corrected chi connectivity index (χ3v) is 7.73. The summed E-state index contributed by atoms with van der Waals surface area (Å²) in [5.41, 5.74) is 11.9. The van der Waals surface area contributed by atoms with E-state index >= 15 is 0 Å². The molecule has 7 rings (SSSR count). The maximum Gasteiger partial charge on any atom is 0.0991 e. The Labute approximate surface area is 216 Å². The molecule has 3 heteroatoms. The number of hydrogen-bond donors (Lipinski definition) is 1. The van der Waals surface area contributed by atoms with Gasteiger partial charge in [0.15, 0.2) is 0 Å². The van der Waals surface area contributed by atoms with Crippen LogP contribution in [0, 0.1) is 11.3 Å². The molecule has 1 heterocycles. The van der Waals surface area contributed by atoms with Crippen LogP contribution in [0.4, 0.5) is 5.69 Å². The molecule has 0 unspecified atom stereocenters. The van der Waals surface area contributed by atoms with Gasteiger partial charge in [0.25, 0.3) is 0 Å². The van der Waals surface area contributed by atoms with Crippen molar-refractivity contribution in [3.63, 3.8) is 0 Å². The predicted molar refractivity (Wildman–Crippen MR) is 152 cm³/mol. The summed E-state index contributed by atoms with van der Waals surface area (Å²) in [6, 6.07) is 41.2. The smallest absolute Gasteiger partial charge is 0.0991 e. The van der Waals surface area contributed by atoms with E-state index in [1.165, 1.54) is 27.8 Å². The van der Waals surface area contributed by atoms with E-state index in [9.17, 15) is 5.26 Å². The summed E-state index contributed by atoms with van der Waals surface area (Å²) >= 11 is 0. The zero-order valence-corrected chi connectivity index (χ0v) is 20.6. The number of fused-ring (bicyclic) bond motifs is 6. The van der Waals surface area contributed by atoms with E-state index in [4.69, 9.17) is 0 Å². The van der Waals surface area contributed by atoms with Crippen LogP contribution < -0.4 is 5.32 Å². The molecule has 0 saturated heterocycles. The first-order valence-electron chi connectivity index (χ1n) is 12.7. The van der Waals surface area contributed by atoms with E-state index in [2.05, 4.69) is 113 Å². The SMILES string of the molecule is CNc1cc(CC2c3ccccc3-c3ccccc32)cc(-n2c3ccccc3c3cc(C#N)ccc32)c1. The summed E-state index contributed by atoms with van der Waals surface area (Å²) in [4.78, 5) is 0. The van der Waals surface area contributed by atoms with Crippen molar-refractivity contribution in [2.24, 2.45) is 0 Å². The zero-order valence-electron chi connectivity index (χ0n) is 20.6. The lowest BCUT2D eigenvalue weighted by Gasteiger charge is -2.17. The molecule has 1 aromatic heterocycles. The van der Waals surface area contributed by atoms with Gasteiger partial charge in [-0.2, -0.15) is 5.26 Å². The van der Waals surface area contributed by atoms with Crippen LogP contribution in [0.1, 0.15) is 28.2 Å². The highest BCUT2D eigenvalue weighted by Crippen LogP contribution is 2.46. The maximum absolute atomic E-state index is 9.51. The molecule has 3 nitrogen and oxygen atoms in total. The quantitative estimate of drug-likeness (QED) is 0.280. The fourth-order valence-corrected chi connectivity index (χ4v) is 6.10. The van der Waals surface area contributed by atoms with Crippen LogP contribution >= 0.6 is 0 Å². The van der Waals surface area contributed by atoms with Crippen molar-refractivity contribution >= 4 is 27.5 Å². The Kier molecular flexibility index (Phi) is 4.87. The van der Waals surface area contributed by atoms with Crippen molar-refractivity contribution in [1.29, 1.82) is 5.26 Å².